The number of rotatable bonds is 5. The highest BCUT2D eigenvalue weighted by atomic mass is 16.5. The predicted molar refractivity (Wildman–Crippen MR) is 59.7 cm³/mol. The van der Waals surface area contributed by atoms with Crippen LogP contribution in [0.2, 0.25) is 0 Å². The van der Waals surface area contributed by atoms with Crippen molar-refractivity contribution in [3.05, 3.63) is 0 Å². The van der Waals surface area contributed by atoms with E-state index in [2.05, 4.69) is 5.32 Å². The topological polar surface area (TPSA) is 41.6 Å². The summed E-state index contributed by atoms with van der Waals surface area (Å²) < 4.78 is 5.51. The van der Waals surface area contributed by atoms with Crippen LogP contribution in [-0.4, -0.2) is 49.7 Å². The molecule has 1 fully saturated rings. The largest absolute Gasteiger partial charge is 0.377 e. The van der Waals surface area contributed by atoms with Gasteiger partial charge in [-0.25, -0.2) is 0 Å². The summed E-state index contributed by atoms with van der Waals surface area (Å²) in [5.41, 5.74) is 0. The van der Waals surface area contributed by atoms with E-state index in [1.807, 2.05) is 25.8 Å². The van der Waals surface area contributed by atoms with Crippen molar-refractivity contribution < 1.29 is 9.53 Å². The van der Waals surface area contributed by atoms with Crippen LogP contribution in [0.3, 0.4) is 0 Å². The Morgan fingerprint density at radius 3 is 2.87 bits per heavy atom. The SMILES string of the molecule is CC(C)NC(=O)CN(C)CC1CCCO1. The Morgan fingerprint density at radius 1 is 1.60 bits per heavy atom. The number of ether oxygens (including phenoxy) is 1. The van der Waals surface area contributed by atoms with Gasteiger partial charge in [0.15, 0.2) is 0 Å². The maximum Gasteiger partial charge on any atom is 0.234 e. The van der Waals surface area contributed by atoms with Crippen LogP contribution in [-0.2, 0) is 9.53 Å². The lowest BCUT2D eigenvalue weighted by atomic mass is 10.2. The van der Waals surface area contributed by atoms with Crippen molar-refractivity contribution in [3.8, 4) is 0 Å². The molecule has 1 heterocycles. The highest BCUT2D eigenvalue weighted by Gasteiger charge is 2.18. The number of nitrogens with zero attached hydrogens (tertiary/aromatic N) is 1. The smallest absolute Gasteiger partial charge is 0.234 e. The zero-order valence-electron chi connectivity index (χ0n) is 9.95. The molecular formula is C11H22N2O2. The van der Waals surface area contributed by atoms with E-state index >= 15 is 0 Å². The number of nitrogens with one attached hydrogen (secondary N) is 1. The molecule has 0 aromatic carbocycles. The van der Waals surface area contributed by atoms with Crippen molar-refractivity contribution in [2.75, 3.05) is 26.7 Å². The molecule has 1 unspecified atom stereocenters. The van der Waals surface area contributed by atoms with Gasteiger partial charge in [0.2, 0.25) is 5.91 Å². The van der Waals surface area contributed by atoms with Gasteiger partial charge >= 0.3 is 0 Å². The molecule has 1 saturated heterocycles. The van der Waals surface area contributed by atoms with Crippen molar-refractivity contribution in [1.29, 1.82) is 0 Å². The number of hydrogen-bond acceptors (Lipinski definition) is 3. The quantitative estimate of drug-likeness (QED) is 0.729. The van der Waals surface area contributed by atoms with E-state index in [1.165, 1.54) is 0 Å². The highest BCUT2D eigenvalue weighted by Crippen LogP contribution is 2.12. The third-order valence-corrected chi connectivity index (χ3v) is 2.40. The fraction of sp³-hybridized carbons (Fsp3) is 0.909. The molecule has 0 radical (unpaired) electrons. The van der Waals surface area contributed by atoms with E-state index < -0.39 is 0 Å². The Bertz CT molecular complexity index is 201. The van der Waals surface area contributed by atoms with Crippen molar-refractivity contribution in [2.45, 2.75) is 38.8 Å². The third-order valence-electron chi connectivity index (χ3n) is 2.40. The maximum absolute atomic E-state index is 11.4. The van der Waals surface area contributed by atoms with Crippen LogP contribution in [0.4, 0.5) is 0 Å². The van der Waals surface area contributed by atoms with Gasteiger partial charge in [0.05, 0.1) is 12.6 Å². The Morgan fingerprint density at radius 2 is 2.33 bits per heavy atom. The first-order valence-electron chi connectivity index (χ1n) is 5.67. The van der Waals surface area contributed by atoms with Crippen LogP contribution in [0.25, 0.3) is 0 Å². The second-order valence-corrected chi connectivity index (χ2v) is 4.55. The summed E-state index contributed by atoms with van der Waals surface area (Å²) in [6, 6.07) is 0.216. The lowest BCUT2D eigenvalue weighted by molar-refractivity contribution is -0.122. The molecule has 1 amide bonds. The molecule has 0 bridgehead atoms. The van der Waals surface area contributed by atoms with Gasteiger partial charge in [0.25, 0.3) is 0 Å². The minimum absolute atomic E-state index is 0.0884. The molecule has 1 aliphatic heterocycles. The van der Waals surface area contributed by atoms with E-state index in [-0.39, 0.29) is 11.9 Å². The second kappa shape index (κ2) is 6.08. The van der Waals surface area contributed by atoms with Gasteiger partial charge in [-0.2, -0.15) is 0 Å². The van der Waals surface area contributed by atoms with E-state index in [0.29, 0.717) is 12.6 Å². The van der Waals surface area contributed by atoms with E-state index in [1.54, 1.807) is 0 Å². The van der Waals surface area contributed by atoms with Gasteiger partial charge in [-0.3, -0.25) is 9.69 Å². The summed E-state index contributed by atoms with van der Waals surface area (Å²) >= 11 is 0. The van der Waals surface area contributed by atoms with Gasteiger partial charge in [0.1, 0.15) is 0 Å². The van der Waals surface area contributed by atoms with Crippen molar-refractivity contribution in [3.63, 3.8) is 0 Å². The van der Waals surface area contributed by atoms with Crippen LogP contribution in [0.5, 0.6) is 0 Å². The normalized spacial score (nSPS) is 21.3. The maximum atomic E-state index is 11.4. The van der Waals surface area contributed by atoms with Crippen molar-refractivity contribution in [2.24, 2.45) is 0 Å². The molecule has 0 aromatic heterocycles. The molecule has 0 saturated carbocycles. The molecule has 4 nitrogen and oxygen atoms in total. The first-order chi connectivity index (χ1) is 7.08. The number of likely N-dealkylation sites (N-methyl/N-ethyl adjacent to an activating group) is 1. The number of amides is 1. The molecular weight excluding hydrogens is 192 g/mol. The average Bonchev–Trinajstić information content (AvgIpc) is 2.53. The zero-order valence-corrected chi connectivity index (χ0v) is 9.95. The van der Waals surface area contributed by atoms with Gasteiger partial charge in [-0.1, -0.05) is 0 Å². The summed E-state index contributed by atoms with van der Waals surface area (Å²) in [6.07, 6.45) is 2.59. The minimum Gasteiger partial charge on any atom is -0.377 e. The Labute approximate surface area is 92.0 Å². The second-order valence-electron chi connectivity index (χ2n) is 4.55. The monoisotopic (exact) mass is 214 g/mol. The Balaban J connectivity index is 2.16. The predicted octanol–water partition coefficient (Wildman–Crippen LogP) is 0.622. The van der Waals surface area contributed by atoms with Gasteiger partial charge in [-0.15, -0.1) is 0 Å². The van der Waals surface area contributed by atoms with Crippen LogP contribution in [0.1, 0.15) is 26.7 Å². The molecule has 1 atom stereocenters. The zero-order chi connectivity index (χ0) is 11.3. The highest BCUT2D eigenvalue weighted by molar-refractivity contribution is 5.78. The fourth-order valence-corrected chi connectivity index (χ4v) is 1.81. The number of hydrogen-bond donors (Lipinski definition) is 1. The minimum atomic E-state index is 0.0884. The number of carbonyl (C=O) groups is 1. The van der Waals surface area contributed by atoms with Gasteiger partial charge in [0, 0.05) is 19.2 Å². The molecule has 1 N–H and O–H groups in total. The van der Waals surface area contributed by atoms with Crippen LogP contribution < -0.4 is 5.32 Å². The first-order valence-corrected chi connectivity index (χ1v) is 5.67. The van der Waals surface area contributed by atoms with Gasteiger partial charge < -0.3 is 10.1 Å². The lowest BCUT2D eigenvalue weighted by Gasteiger charge is -2.20. The molecule has 88 valence electrons. The lowest BCUT2D eigenvalue weighted by Crippen LogP contribution is -2.40. The Hall–Kier alpha value is -0.610. The molecule has 15 heavy (non-hydrogen) atoms. The molecule has 0 spiro atoms. The summed E-state index contributed by atoms with van der Waals surface area (Å²) in [4.78, 5) is 13.5. The molecule has 1 rings (SSSR count). The third kappa shape index (κ3) is 5.14. The Kier molecular flexibility index (Phi) is 5.05. The molecule has 0 aliphatic carbocycles. The molecule has 4 heteroatoms. The average molecular weight is 214 g/mol. The summed E-state index contributed by atoms with van der Waals surface area (Å²) in [6.45, 7) is 6.12. The van der Waals surface area contributed by atoms with E-state index in [0.717, 1.165) is 26.0 Å². The van der Waals surface area contributed by atoms with Gasteiger partial charge in [-0.05, 0) is 33.7 Å². The fourth-order valence-electron chi connectivity index (χ4n) is 1.81. The summed E-state index contributed by atoms with van der Waals surface area (Å²) in [7, 11) is 1.96. The van der Waals surface area contributed by atoms with Crippen molar-refractivity contribution >= 4 is 5.91 Å². The standard InChI is InChI=1S/C11H22N2O2/c1-9(2)12-11(14)8-13(3)7-10-5-4-6-15-10/h9-10H,4-8H2,1-3H3,(H,12,14). The van der Waals surface area contributed by atoms with Crippen LogP contribution in [0.15, 0.2) is 0 Å². The van der Waals surface area contributed by atoms with E-state index in [9.17, 15) is 4.79 Å². The molecule has 0 aromatic rings. The first kappa shape index (κ1) is 12.5. The summed E-state index contributed by atoms with van der Waals surface area (Å²) in [5, 5.41) is 2.88. The van der Waals surface area contributed by atoms with Crippen molar-refractivity contribution in [1.82, 2.24) is 10.2 Å². The number of carbonyl (C=O) groups excluding carboxylic acids is 1. The van der Waals surface area contributed by atoms with E-state index in [4.69, 9.17) is 4.74 Å². The van der Waals surface area contributed by atoms with Crippen LogP contribution >= 0.6 is 0 Å². The summed E-state index contributed by atoms with van der Waals surface area (Å²) in [5.74, 6) is 0.0884. The van der Waals surface area contributed by atoms with Crippen LogP contribution in [0, 0.1) is 0 Å². The molecule has 1 aliphatic rings.